The second kappa shape index (κ2) is 2.17. The fraction of sp³-hybridized carbons (Fsp3) is 0.167. The van der Waals surface area contributed by atoms with Crippen LogP contribution in [-0.4, -0.2) is 15.9 Å². The van der Waals surface area contributed by atoms with E-state index >= 15 is 0 Å². The zero-order valence-corrected chi connectivity index (χ0v) is 6.22. The van der Waals surface area contributed by atoms with Crippen LogP contribution in [0.1, 0.15) is 16.1 Å². The van der Waals surface area contributed by atoms with E-state index in [2.05, 4.69) is 15.3 Å². The molecule has 2 heterocycles. The van der Waals surface area contributed by atoms with Gasteiger partial charge in [-0.1, -0.05) is 0 Å². The fourth-order valence-corrected chi connectivity index (χ4v) is 1.13. The molecule has 1 aromatic heterocycles. The Morgan fingerprint density at radius 1 is 1.64 bits per heavy atom. The van der Waals surface area contributed by atoms with Crippen LogP contribution in [0.2, 0.25) is 5.28 Å². The minimum absolute atomic E-state index is 0.128. The first-order chi connectivity index (χ1) is 5.27. The molecule has 4 nitrogen and oxygen atoms in total. The number of aromatic nitrogens is 2. The number of fused-ring (bicyclic) bond motifs is 1. The van der Waals surface area contributed by atoms with Crippen LogP contribution >= 0.6 is 11.6 Å². The van der Waals surface area contributed by atoms with Crippen LogP contribution in [0.25, 0.3) is 0 Å². The van der Waals surface area contributed by atoms with E-state index < -0.39 is 0 Å². The molecule has 1 N–H and O–H groups in total. The number of carbonyl (C=O) groups is 1. The predicted octanol–water partition coefficient (Wildman–Crippen LogP) is 0.373. The fourth-order valence-electron chi connectivity index (χ4n) is 0.976. The molecule has 1 aliphatic rings. The van der Waals surface area contributed by atoms with Gasteiger partial charge in [0.25, 0.3) is 5.91 Å². The van der Waals surface area contributed by atoms with Gasteiger partial charge in [0.1, 0.15) is 0 Å². The van der Waals surface area contributed by atoms with Crippen molar-refractivity contribution in [3.05, 3.63) is 22.7 Å². The van der Waals surface area contributed by atoms with E-state index in [1.165, 1.54) is 6.20 Å². The minimum atomic E-state index is -0.128. The molecule has 0 bridgehead atoms. The van der Waals surface area contributed by atoms with Crippen LogP contribution in [0.15, 0.2) is 6.20 Å². The molecule has 56 valence electrons. The molecule has 1 amide bonds. The maximum Gasteiger partial charge on any atom is 0.255 e. The van der Waals surface area contributed by atoms with Crippen molar-refractivity contribution < 1.29 is 4.79 Å². The Bertz CT molecular complexity index is 326. The molecular formula is C6H4ClN3O. The topological polar surface area (TPSA) is 54.9 Å². The third kappa shape index (κ3) is 0.952. The first-order valence-corrected chi connectivity index (χ1v) is 3.45. The van der Waals surface area contributed by atoms with Crippen LogP contribution in [0.4, 0.5) is 0 Å². The van der Waals surface area contributed by atoms with Crippen molar-refractivity contribution in [3.8, 4) is 0 Å². The van der Waals surface area contributed by atoms with Crippen LogP contribution in [-0.2, 0) is 6.54 Å². The Kier molecular flexibility index (Phi) is 1.29. The lowest BCUT2D eigenvalue weighted by molar-refractivity contribution is 0.0965. The second-order valence-corrected chi connectivity index (χ2v) is 2.52. The summed E-state index contributed by atoms with van der Waals surface area (Å²) in [5.74, 6) is -0.128. The maximum atomic E-state index is 10.9. The highest BCUT2D eigenvalue weighted by Gasteiger charge is 2.20. The number of carbonyl (C=O) groups excluding carboxylic acids is 1. The summed E-state index contributed by atoms with van der Waals surface area (Å²) in [6.45, 7) is 0.455. The minimum Gasteiger partial charge on any atom is -0.346 e. The standard InChI is InChI=1S/C6H4ClN3O/c7-6-9-1-3-4(10-6)2-8-5(3)11/h1H,2H2,(H,8,11). The average Bonchev–Trinajstić information content (AvgIpc) is 2.32. The Morgan fingerprint density at radius 3 is 3.27 bits per heavy atom. The van der Waals surface area contributed by atoms with Crippen molar-refractivity contribution >= 4 is 17.5 Å². The summed E-state index contributed by atoms with van der Waals surface area (Å²) >= 11 is 5.51. The highest BCUT2D eigenvalue weighted by molar-refractivity contribution is 6.28. The van der Waals surface area contributed by atoms with Gasteiger partial charge >= 0.3 is 0 Å². The molecule has 0 unspecified atom stereocenters. The van der Waals surface area contributed by atoms with Gasteiger partial charge in [0.15, 0.2) is 0 Å². The Labute approximate surface area is 67.6 Å². The largest absolute Gasteiger partial charge is 0.346 e. The molecule has 1 aromatic rings. The molecule has 0 aromatic carbocycles. The van der Waals surface area contributed by atoms with Crippen LogP contribution in [0.3, 0.4) is 0 Å². The zero-order chi connectivity index (χ0) is 7.84. The smallest absolute Gasteiger partial charge is 0.255 e. The number of hydrogen-bond donors (Lipinski definition) is 1. The quantitative estimate of drug-likeness (QED) is 0.571. The van der Waals surface area contributed by atoms with Crippen molar-refractivity contribution in [2.75, 3.05) is 0 Å². The van der Waals surface area contributed by atoms with Gasteiger partial charge in [-0.2, -0.15) is 0 Å². The molecule has 0 saturated carbocycles. The molecule has 0 spiro atoms. The van der Waals surface area contributed by atoms with Crippen LogP contribution < -0.4 is 5.32 Å². The van der Waals surface area contributed by atoms with E-state index in [9.17, 15) is 4.79 Å². The second-order valence-electron chi connectivity index (χ2n) is 2.18. The van der Waals surface area contributed by atoms with Gasteiger partial charge in [-0.05, 0) is 11.6 Å². The average molecular weight is 170 g/mol. The van der Waals surface area contributed by atoms with Gasteiger partial charge in [0.05, 0.1) is 17.8 Å². The highest BCUT2D eigenvalue weighted by Crippen LogP contribution is 2.12. The van der Waals surface area contributed by atoms with Crippen molar-refractivity contribution in [3.63, 3.8) is 0 Å². The van der Waals surface area contributed by atoms with Gasteiger partial charge < -0.3 is 5.32 Å². The summed E-state index contributed by atoms with van der Waals surface area (Å²) in [4.78, 5) is 18.5. The summed E-state index contributed by atoms with van der Waals surface area (Å²) in [5, 5.41) is 2.79. The van der Waals surface area contributed by atoms with Gasteiger partial charge in [-0.15, -0.1) is 0 Å². The monoisotopic (exact) mass is 169 g/mol. The summed E-state index contributed by atoms with van der Waals surface area (Å²) in [5.41, 5.74) is 1.20. The molecule has 11 heavy (non-hydrogen) atoms. The molecule has 0 saturated heterocycles. The van der Waals surface area contributed by atoms with Gasteiger partial charge in [-0.25, -0.2) is 9.97 Å². The Hall–Kier alpha value is -1.16. The lowest BCUT2D eigenvalue weighted by atomic mass is 10.3. The van der Waals surface area contributed by atoms with E-state index in [1.807, 2.05) is 0 Å². The molecule has 0 aliphatic carbocycles. The van der Waals surface area contributed by atoms with Crippen molar-refractivity contribution in [1.82, 2.24) is 15.3 Å². The SMILES string of the molecule is O=C1NCc2nc(Cl)ncc21. The lowest BCUT2D eigenvalue weighted by Gasteiger charge is -1.92. The van der Waals surface area contributed by atoms with E-state index in [1.54, 1.807) is 0 Å². The van der Waals surface area contributed by atoms with Crippen molar-refractivity contribution in [2.24, 2.45) is 0 Å². The molecule has 2 rings (SSSR count). The highest BCUT2D eigenvalue weighted by atomic mass is 35.5. The van der Waals surface area contributed by atoms with Gasteiger partial charge in [0, 0.05) is 6.20 Å². The molecule has 5 heteroatoms. The van der Waals surface area contributed by atoms with E-state index in [4.69, 9.17) is 11.6 Å². The van der Waals surface area contributed by atoms with Crippen LogP contribution in [0, 0.1) is 0 Å². The third-order valence-corrected chi connectivity index (χ3v) is 1.68. The van der Waals surface area contributed by atoms with Crippen molar-refractivity contribution in [2.45, 2.75) is 6.54 Å². The molecular weight excluding hydrogens is 166 g/mol. The number of nitrogens with one attached hydrogen (secondary N) is 1. The van der Waals surface area contributed by atoms with E-state index in [0.717, 1.165) is 0 Å². The van der Waals surface area contributed by atoms with Crippen molar-refractivity contribution in [1.29, 1.82) is 0 Å². The first-order valence-electron chi connectivity index (χ1n) is 3.07. The normalized spacial score (nSPS) is 14.5. The zero-order valence-electron chi connectivity index (χ0n) is 5.47. The number of rotatable bonds is 0. The molecule has 0 fully saturated rings. The summed E-state index contributed by atoms with van der Waals surface area (Å²) in [6.07, 6.45) is 1.44. The Balaban J connectivity index is 2.59. The Morgan fingerprint density at radius 2 is 2.45 bits per heavy atom. The van der Waals surface area contributed by atoms with E-state index in [0.29, 0.717) is 17.8 Å². The molecule has 0 radical (unpaired) electrons. The third-order valence-electron chi connectivity index (χ3n) is 1.50. The van der Waals surface area contributed by atoms with Crippen LogP contribution in [0.5, 0.6) is 0 Å². The first kappa shape index (κ1) is 6.54. The van der Waals surface area contributed by atoms with E-state index in [-0.39, 0.29) is 11.2 Å². The summed E-state index contributed by atoms with van der Waals surface area (Å²) in [6, 6.07) is 0. The number of nitrogens with zero attached hydrogens (tertiary/aromatic N) is 2. The summed E-state index contributed by atoms with van der Waals surface area (Å²) < 4.78 is 0. The number of halogens is 1. The molecule has 1 aliphatic heterocycles. The number of amides is 1. The maximum absolute atomic E-state index is 10.9. The summed E-state index contributed by atoms with van der Waals surface area (Å²) in [7, 11) is 0. The van der Waals surface area contributed by atoms with Gasteiger partial charge in [-0.3, -0.25) is 4.79 Å². The lowest BCUT2D eigenvalue weighted by Crippen LogP contribution is -2.12. The molecule has 0 atom stereocenters. The predicted molar refractivity (Wildman–Crippen MR) is 38.2 cm³/mol. The van der Waals surface area contributed by atoms with Gasteiger partial charge in [0.2, 0.25) is 5.28 Å². The number of hydrogen-bond acceptors (Lipinski definition) is 3.